The summed E-state index contributed by atoms with van der Waals surface area (Å²) in [6, 6.07) is 12.3. The minimum absolute atomic E-state index is 0.0187. The third kappa shape index (κ3) is 4.61. The predicted octanol–water partition coefficient (Wildman–Crippen LogP) is 3.47. The van der Waals surface area contributed by atoms with Gasteiger partial charge in [-0.05, 0) is 67.0 Å². The van der Waals surface area contributed by atoms with Gasteiger partial charge < -0.3 is 16.0 Å². The molecule has 1 aliphatic heterocycles. The highest BCUT2D eigenvalue weighted by molar-refractivity contribution is 5.99. The summed E-state index contributed by atoms with van der Waals surface area (Å²) in [5.41, 5.74) is 7.10. The molecule has 202 valence electrons. The number of carbonyl (C=O) groups excluding carboxylic acids is 4. The lowest BCUT2D eigenvalue weighted by Gasteiger charge is -2.18. The fourth-order valence-electron chi connectivity index (χ4n) is 5.64. The summed E-state index contributed by atoms with van der Waals surface area (Å²) < 4.78 is 1.41. The SMILES string of the molecule is CC(=O)c1ccc2c(c1C)CC[C@@H]2NC(=O)c1cc(C(=O)NCc2ccc3c(c2)NC(=O)CC3)nc2ccnn12. The quantitative estimate of drug-likeness (QED) is 0.323. The van der Waals surface area contributed by atoms with E-state index in [1.807, 2.05) is 37.3 Å². The molecule has 0 fully saturated rings. The van der Waals surface area contributed by atoms with E-state index >= 15 is 0 Å². The van der Waals surface area contributed by atoms with Crippen molar-refractivity contribution in [3.63, 3.8) is 0 Å². The molecule has 0 unspecified atom stereocenters. The number of rotatable bonds is 6. The van der Waals surface area contributed by atoms with Crippen LogP contribution in [0.2, 0.25) is 0 Å². The summed E-state index contributed by atoms with van der Waals surface area (Å²) in [4.78, 5) is 54.7. The number of hydrogen-bond acceptors (Lipinski definition) is 6. The first-order valence-electron chi connectivity index (χ1n) is 13.3. The number of hydrogen-bond donors (Lipinski definition) is 3. The summed E-state index contributed by atoms with van der Waals surface area (Å²) in [5, 5.41) is 13.1. The molecule has 1 aliphatic carbocycles. The van der Waals surface area contributed by atoms with Crippen molar-refractivity contribution in [1.82, 2.24) is 25.2 Å². The number of Topliss-reactive ketones (excluding diaryl/α,β-unsaturated/α-hetero) is 1. The van der Waals surface area contributed by atoms with E-state index in [4.69, 9.17) is 0 Å². The first-order valence-corrected chi connectivity index (χ1v) is 13.3. The average molecular weight is 537 g/mol. The van der Waals surface area contributed by atoms with Gasteiger partial charge in [-0.15, -0.1) is 0 Å². The van der Waals surface area contributed by atoms with Crippen molar-refractivity contribution in [1.29, 1.82) is 0 Å². The number of aryl methyl sites for hydroxylation is 1. The Hall–Kier alpha value is -4.86. The van der Waals surface area contributed by atoms with Gasteiger partial charge in [-0.25, -0.2) is 9.50 Å². The molecule has 0 saturated carbocycles. The number of anilines is 1. The second-order valence-electron chi connectivity index (χ2n) is 10.3. The van der Waals surface area contributed by atoms with Gasteiger partial charge in [0, 0.05) is 36.3 Å². The molecule has 0 radical (unpaired) electrons. The van der Waals surface area contributed by atoms with Crippen LogP contribution in [0.4, 0.5) is 5.69 Å². The van der Waals surface area contributed by atoms with Crippen LogP contribution in [0.5, 0.6) is 0 Å². The highest BCUT2D eigenvalue weighted by atomic mass is 16.2. The fourth-order valence-corrected chi connectivity index (χ4v) is 5.64. The highest BCUT2D eigenvalue weighted by Crippen LogP contribution is 2.35. The fraction of sp³-hybridized carbons (Fsp3) is 0.267. The Kier molecular flexibility index (Phi) is 6.37. The van der Waals surface area contributed by atoms with E-state index in [9.17, 15) is 19.2 Å². The zero-order valence-corrected chi connectivity index (χ0v) is 22.2. The van der Waals surface area contributed by atoms with E-state index < -0.39 is 5.91 Å². The van der Waals surface area contributed by atoms with E-state index in [1.54, 1.807) is 13.0 Å². The van der Waals surface area contributed by atoms with Gasteiger partial charge in [0.05, 0.1) is 12.2 Å². The van der Waals surface area contributed by atoms with Crippen LogP contribution in [0.15, 0.2) is 48.7 Å². The van der Waals surface area contributed by atoms with Gasteiger partial charge in [-0.1, -0.05) is 24.3 Å². The van der Waals surface area contributed by atoms with Gasteiger partial charge in [-0.3, -0.25) is 19.2 Å². The van der Waals surface area contributed by atoms with Crippen molar-refractivity contribution >= 4 is 34.8 Å². The van der Waals surface area contributed by atoms with Gasteiger partial charge in [-0.2, -0.15) is 5.10 Å². The summed E-state index contributed by atoms with van der Waals surface area (Å²) in [7, 11) is 0. The van der Waals surface area contributed by atoms with Gasteiger partial charge >= 0.3 is 0 Å². The largest absolute Gasteiger partial charge is 0.347 e. The molecule has 10 nitrogen and oxygen atoms in total. The third-order valence-electron chi connectivity index (χ3n) is 7.73. The molecule has 6 rings (SSSR count). The van der Waals surface area contributed by atoms with Crippen molar-refractivity contribution in [3.05, 3.63) is 93.4 Å². The van der Waals surface area contributed by atoms with Crippen LogP contribution in [0.1, 0.15) is 85.0 Å². The Balaban J connectivity index is 1.21. The maximum atomic E-state index is 13.5. The molecule has 40 heavy (non-hydrogen) atoms. The van der Waals surface area contributed by atoms with Crippen LogP contribution in [0.25, 0.3) is 5.65 Å². The molecular weight excluding hydrogens is 508 g/mol. The lowest BCUT2D eigenvalue weighted by molar-refractivity contribution is -0.116. The van der Waals surface area contributed by atoms with Crippen LogP contribution in [-0.2, 0) is 24.2 Å². The van der Waals surface area contributed by atoms with Crippen molar-refractivity contribution < 1.29 is 19.2 Å². The van der Waals surface area contributed by atoms with Gasteiger partial charge in [0.1, 0.15) is 11.4 Å². The van der Waals surface area contributed by atoms with E-state index in [0.29, 0.717) is 30.5 Å². The molecule has 2 aromatic heterocycles. The van der Waals surface area contributed by atoms with Crippen LogP contribution in [0.3, 0.4) is 0 Å². The first kappa shape index (κ1) is 25.4. The molecule has 2 aliphatic rings. The Bertz CT molecular complexity index is 1720. The van der Waals surface area contributed by atoms with Crippen LogP contribution in [-0.4, -0.2) is 38.1 Å². The number of ketones is 1. The number of amides is 3. The normalized spacial score (nSPS) is 15.8. The maximum Gasteiger partial charge on any atom is 0.270 e. The number of nitrogens with one attached hydrogen (secondary N) is 3. The van der Waals surface area contributed by atoms with Gasteiger partial charge in [0.25, 0.3) is 11.8 Å². The third-order valence-corrected chi connectivity index (χ3v) is 7.73. The van der Waals surface area contributed by atoms with Crippen molar-refractivity contribution in [2.24, 2.45) is 0 Å². The molecule has 4 aromatic rings. The predicted molar refractivity (Wildman–Crippen MR) is 147 cm³/mol. The summed E-state index contributed by atoms with van der Waals surface area (Å²) in [6.07, 6.45) is 4.17. The first-order chi connectivity index (χ1) is 19.3. The number of nitrogens with zero attached hydrogens (tertiary/aromatic N) is 3. The Morgan fingerprint density at radius 3 is 2.73 bits per heavy atom. The summed E-state index contributed by atoms with van der Waals surface area (Å²) in [6.45, 7) is 3.73. The van der Waals surface area contributed by atoms with Crippen molar-refractivity contribution in [3.8, 4) is 0 Å². The highest BCUT2D eigenvalue weighted by Gasteiger charge is 2.28. The molecule has 0 saturated heterocycles. The van der Waals surface area contributed by atoms with Crippen LogP contribution >= 0.6 is 0 Å². The Morgan fingerprint density at radius 1 is 1.05 bits per heavy atom. The summed E-state index contributed by atoms with van der Waals surface area (Å²) >= 11 is 0. The van der Waals surface area contributed by atoms with Gasteiger partial charge in [0.15, 0.2) is 11.4 Å². The molecule has 0 bridgehead atoms. The zero-order valence-electron chi connectivity index (χ0n) is 22.2. The molecule has 3 N–H and O–H groups in total. The number of benzene rings is 2. The van der Waals surface area contributed by atoms with Crippen LogP contribution in [0, 0.1) is 6.92 Å². The summed E-state index contributed by atoms with van der Waals surface area (Å²) in [5.74, 6) is -0.801. The number of aromatic nitrogens is 3. The van der Waals surface area contributed by atoms with Gasteiger partial charge in [0.2, 0.25) is 5.91 Å². The van der Waals surface area contributed by atoms with E-state index in [1.165, 1.54) is 16.8 Å². The second-order valence-corrected chi connectivity index (χ2v) is 10.3. The maximum absolute atomic E-state index is 13.5. The Labute approximate surface area is 230 Å². The molecule has 1 atom stereocenters. The smallest absolute Gasteiger partial charge is 0.270 e. The topological polar surface area (TPSA) is 135 Å². The molecule has 0 spiro atoms. The van der Waals surface area contributed by atoms with Crippen molar-refractivity contribution in [2.45, 2.75) is 52.1 Å². The van der Waals surface area contributed by atoms with Crippen molar-refractivity contribution in [2.75, 3.05) is 5.32 Å². The molecule has 3 heterocycles. The monoisotopic (exact) mass is 536 g/mol. The van der Waals surface area contributed by atoms with Crippen LogP contribution < -0.4 is 16.0 Å². The minimum Gasteiger partial charge on any atom is -0.347 e. The van der Waals surface area contributed by atoms with E-state index in [-0.39, 0.29) is 41.6 Å². The molecule has 2 aromatic carbocycles. The molecular formula is C30H28N6O4. The Morgan fingerprint density at radius 2 is 1.90 bits per heavy atom. The van der Waals surface area contributed by atoms with E-state index in [2.05, 4.69) is 26.0 Å². The number of carbonyl (C=O) groups is 4. The molecule has 3 amide bonds. The van der Waals surface area contributed by atoms with E-state index in [0.717, 1.165) is 39.9 Å². The average Bonchev–Trinajstić information content (AvgIpc) is 3.58. The minimum atomic E-state index is -0.432. The lowest BCUT2D eigenvalue weighted by atomic mass is 9.96. The number of fused-ring (bicyclic) bond motifs is 3. The second kappa shape index (κ2) is 10.0. The lowest BCUT2D eigenvalue weighted by Crippen LogP contribution is -2.30. The molecule has 10 heteroatoms. The standard InChI is InChI=1S/C30H28N6O4/c1-16-20(17(2)37)6-7-22-21(16)8-9-23(22)35-30(40)26-14-25(33-27-11-12-32-36(26)27)29(39)31-15-18-3-4-19-5-10-28(38)34-24(19)13-18/h3-4,6-7,11-14,23H,5,8-10,15H2,1-2H3,(H,31,39)(H,34,38)(H,35,40)/t23-/m0/s1. The zero-order chi connectivity index (χ0) is 28.0.